The normalized spacial score (nSPS) is 17.8. The molecule has 0 saturated carbocycles. The number of benzene rings is 5. The van der Waals surface area contributed by atoms with Crippen molar-refractivity contribution in [3.05, 3.63) is 160 Å². The van der Waals surface area contributed by atoms with Gasteiger partial charge >= 0.3 is 7.75 Å². The van der Waals surface area contributed by atoms with E-state index in [1.165, 1.54) is 18.4 Å². The molecule has 0 radical (unpaired) electrons. The van der Waals surface area contributed by atoms with E-state index in [1.54, 1.807) is 24.3 Å². The zero-order valence-electron chi connectivity index (χ0n) is 29.7. The summed E-state index contributed by atoms with van der Waals surface area (Å²) in [6.45, 7) is 3.67. The molecule has 276 valence electrons. The van der Waals surface area contributed by atoms with Crippen LogP contribution in [0.2, 0.25) is 0 Å². The van der Waals surface area contributed by atoms with Crippen molar-refractivity contribution < 1.29 is 28.2 Å². The van der Waals surface area contributed by atoms with Gasteiger partial charge in [-0.15, -0.1) is 4.76 Å². The van der Waals surface area contributed by atoms with Gasteiger partial charge in [0.25, 0.3) is 0 Å². The van der Waals surface area contributed by atoms with Crippen LogP contribution < -0.4 is 18.5 Å². The van der Waals surface area contributed by atoms with E-state index in [4.69, 9.17) is 23.3 Å². The summed E-state index contributed by atoms with van der Waals surface area (Å²) in [5.74, 6) is 2.63. The molecule has 3 aliphatic rings. The van der Waals surface area contributed by atoms with Crippen molar-refractivity contribution >= 4 is 35.1 Å². The number of hydrogen-bond donors (Lipinski definition) is 1. The topological polar surface area (TPSA) is 93.1 Å². The number of halogens is 1. The molecule has 0 spiro atoms. The summed E-state index contributed by atoms with van der Waals surface area (Å²) in [7, 11) is -4.25. The Labute approximate surface area is 324 Å². The minimum absolute atomic E-state index is 0.0482. The van der Waals surface area contributed by atoms with Gasteiger partial charge in [0.15, 0.2) is 11.5 Å². The maximum absolute atomic E-state index is 15.1. The summed E-state index contributed by atoms with van der Waals surface area (Å²) in [5.41, 5.74) is 6.04. The van der Waals surface area contributed by atoms with Crippen LogP contribution in [0.5, 0.6) is 23.0 Å². The zero-order valence-corrected chi connectivity index (χ0v) is 32.2. The molecule has 1 fully saturated rings. The molecule has 9 nitrogen and oxygen atoms in total. The van der Waals surface area contributed by atoms with Crippen molar-refractivity contribution in [2.75, 3.05) is 19.9 Å². The molecule has 54 heavy (non-hydrogen) atoms. The van der Waals surface area contributed by atoms with Crippen LogP contribution in [0.1, 0.15) is 53.1 Å². The van der Waals surface area contributed by atoms with Crippen LogP contribution in [0.15, 0.2) is 137 Å². The second-order valence-corrected chi connectivity index (χ2v) is 16.0. The molecule has 0 amide bonds. The number of likely N-dealkylation sites (tertiary alicyclic amines) is 1. The Kier molecular flexibility index (Phi) is 10.9. The standard InChI is InChI=1S/C43H41BrN3O6P/c44-39-26-42-41(50-30-51-42)24-36(39)28-47-40(34-19-13-31(14-20-34)27-46-21-7-8-22-46)23-35(33-17-15-32(29-48)16-18-33)25-43(47)45-54(49,52-37-9-3-1-4-10-37)53-38-11-5-2-6-12-38/h1-6,9-20,23-24,26,40,48H,7-8,21-22,25,27-30H2/b45-43-. The van der Waals surface area contributed by atoms with Gasteiger partial charge in [-0.05, 0) is 95.7 Å². The second-order valence-electron chi connectivity index (χ2n) is 13.6. The molecule has 3 aliphatic heterocycles. The van der Waals surface area contributed by atoms with Crippen molar-refractivity contribution in [2.45, 2.75) is 45.0 Å². The van der Waals surface area contributed by atoms with E-state index in [0.717, 1.165) is 51.9 Å². The molecule has 0 aliphatic carbocycles. The lowest BCUT2D eigenvalue weighted by Crippen LogP contribution is -2.37. The number of aliphatic hydroxyl groups excluding tert-OH is 1. The van der Waals surface area contributed by atoms with E-state index in [-0.39, 0.29) is 19.4 Å². The predicted molar refractivity (Wildman–Crippen MR) is 214 cm³/mol. The van der Waals surface area contributed by atoms with Gasteiger partial charge in [-0.2, -0.15) is 0 Å². The van der Waals surface area contributed by atoms with Crippen LogP contribution >= 0.6 is 23.7 Å². The Morgan fingerprint density at radius 2 is 1.39 bits per heavy atom. The third kappa shape index (κ3) is 8.43. The second kappa shape index (κ2) is 16.2. The third-order valence-corrected chi connectivity index (χ3v) is 12.0. The number of aliphatic hydroxyl groups is 1. The molecule has 1 atom stereocenters. The molecule has 1 unspecified atom stereocenters. The van der Waals surface area contributed by atoms with Crippen LogP contribution in [0.3, 0.4) is 0 Å². The first-order valence-electron chi connectivity index (χ1n) is 18.2. The van der Waals surface area contributed by atoms with Gasteiger partial charge in [0.2, 0.25) is 6.79 Å². The van der Waals surface area contributed by atoms with Gasteiger partial charge in [-0.1, -0.05) is 107 Å². The van der Waals surface area contributed by atoms with Crippen molar-refractivity contribution in [2.24, 2.45) is 4.76 Å². The Bertz CT molecular complexity index is 2130. The molecule has 11 heteroatoms. The highest BCUT2D eigenvalue weighted by Crippen LogP contribution is 2.52. The first-order valence-corrected chi connectivity index (χ1v) is 20.5. The molecule has 0 aromatic heterocycles. The fourth-order valence-corrected chi connectivity index (χ4v) is 8.88. The maximum Gasteiger partial charge on any atom is 0.564 e. The summed E-state index contributed by atoms with van der Waals surface area (Å²) in [6.07, 6.45) is 5.07. The smallest absolute Gasteiger partial charge is 0.454 e. The van der Waals surface area contributed by atoms with E-state index < -0.39 is 7.75 Å². The molecule has 3 heterocycles. The molecule has 8 rings (SSSR count). The lowest BCUT2D eigenvalue weighted by molar-refractivity contribution is 0.174. The molecule has 5 aromatic carbocycles. The maximum atomic E-state index is 15.1. The van der Waals surface area contributed by atoms with Gasteiger partial charge in [-0.25, -0.2) is 4.57 Å². The number of para-hydroxylation sites is 2. The number of rotatable bonds is 12. The Morgan fingerprint density at radius 3 is 2.02 bits per heavy atom. The quantitative estimate of drug-likeness (QED) is 0.125. The molecule has 1 saturated heterocycles. The summed E-state index contributed by atoms with van der Waals surface area (Å²) < 4.78 is 44.8. The van der Waals surface area contributed by atoms with E-state index >= 15 is 4.57 Å². The highest BCUT2D eigenvalue weighted by Gasteiger charge is 2.36. The lowest BCUT2D eigenvalue weighted by atomic mass is 9.90. The monoisotopic (exact) mass is 805 g/mol. The minimum atomic E-state index is -4.25. The van der Waals surface area contributed by atoms with Crippen LogP contribution in [0.25, 0.3) is 5.57 Å². The average Bonchev–Trinajstić information content (AvgIpc) is 3.88. The molecule has 5 aromatic rings. The van der Waals surface area contributed by atoms with Gasteiger partial charge < -0.3 is 28.5 Å². The number of amidine groups is 1. The van der Waals surface area contributed by atoms with Gasteiger partial charge in [0.1, 0.15) is 17.3 Å². The fraction of sp³-hybridized carbons (Fsp3) is 0.233. The summed E-state index contributed by atoms with van der Waals surface area (Å²) >= 11 is 3.79. The van der Waals surface area contributed by atoms with Crippen LogP contribution in [0.4, 0.5) is 0 Å². The van der Waals surface area contributed by atoms with Crippen molar-refractivity contribution in [3.63, 3.8) is 0 Å². The summed E-state index contributed by atoms with van der Waals surface area (Å²) in [5, 5.41) is 9.79. The van der Waals surface area contributed by atoms with Gasteiger partial charge in [0, 0.05) is 24.0 Å². The van der Waals surface area contributed by atoms with Gasteiger partial charge in [-0.3, -0.25) is 4.90 Å². The third-order valence-electron chi connectivity index (χ3n) is 9.86. The van der Waals surface area contributed by atoms with E-state index in [0.29, 0.717) is 41.8 Å². The van der Waals surface area contributed by atoms with Crippen LogP contribution in [-0.4, -0.2) is 40.6 Å². The molecule has 1 N–H and O–H groups in total. The zero-order chi connectivity index (χ0) is 36.9. The highest BCUT2D eigenvalue weighted by atomic mass is 79.9. The first-order chi connectivity index (χ1) is 26.4. The Hall–Kier alpha value is -4.86. The SMILES string of the molecule is O=P(/N=C1/CC(c2ccc(CO)cc2)=CC(c2ccc(CN3CCCC3)cc2)N1Cc1cc2c(cc1Br)OCO2)(Oc1ccccc1)Oc1ccccc1. The lowest BCUT2D eigenvalue weighted by Gasteiger charge is -2.38. The summed E-state index contributed by atoms with van der Waals surface area (Å²) in [4.78, 5) is 4.66. The minimum Gasteiger partial charge on any atom is -0.454 e. The van der Waals surface area contributed by atoms with Crippen LogP contribution in [-0.2, 0) is 24.3 Å². The fourth-order valence-electron chi connectivity index (χ4n) is 7.07. The number of nitrogens with zero attached hydrogens (tertiary/aromatic N) is 3. The largest absolute Gasteiger partial charge is 0.564 e. The number of hydrogen-bond acceptors (Lipinski definition) is 7. The van der Waals surface area contributed by atoms with Crippen molar-refractivity contribution in [3.8, 4) is 23.0 Å². The molecular weight excluding hydrogens is 765 g/mol. The van der Waals surface area contributed by atoms with E-state index in [1.807, 2.05) is 72.8 Å². The highest BCUT2D eigenvalue weighted by molar-refractivity contribution is 9.10. The first kappa shape index (κ1) is 36.1. The molecule has 0 bridgehead atoms. The van der Waals surface area contributed by atoms with Crippen LogP contribution in [0, 0.1) is 0 Å². The Morgan fingerprint density at radius 1 is 0.778 bits per heavy atom. The average molecular weight is 807 g/mol. The van der Waals surface area contributed by atoms with E-state index in [9.17, 15) is 5.11 Å². The number of ether oxygens (including phenoxy) is 2. The van der Waals surface area contributed by atoms with Gasteiger partial charge in [0.05, 0.1) is 12.6 Å². The van der Waals surface area contributed by atoms with E-state index in [2.05, 4.69) is 56.1 Å². The Balaban J connectivity index is 1.26. The van der Waals surface area contributed by atoms with Crippen molar-refractivity contribution in [1.82, 2.24) is 9.80 Å². The molecular formula is C43H41BrN3O6P. The number of fused-ring (bicyclic) bond motifs is 1. The predicted octanol–water partition coefficient (Wildman–Crippen LogP) is 9.96. The summed E-state index contributed by atoms with van der Waals surface area (Å²) in [6, 6.07) is 38.2. The van der Waals surface area contributed by atoms with Crippen molar-refractivity contribution in [1.29, 1.82) is 0 Å².